The number of non-ortho nitro benzene ring substituents is 1. The van der Waals surface area contributed by atoms with E-state index in [2.05, 4.69) is 0 Å². The summed E-state index contributed by atoms with van der Waals surface area (Å²) in [5, 5.41) is 10.5. The van der Waals surface area contributed by atoms with Crippen LogP contribution in [0.1, 0.15) is 0 Å². The van der Waals surface area contributed by atoms with E-state index in [1.54, 1.807) is 6.07 Å². The maximum atomic E-state index is 12.8. The molecule has 9 heteroatoms. The molecule has 0 aliphatic rings. The molecular weight excluding hydrogens is 346 g/mol. The lowest BCUT2D eigenvalue weighted by molar-refractivity contribution is -0.384. The van der Waals surface area contributed by atoms with Gasteiger partial charge in [0.2, 0.25) is 9.84 Å². The highest BCUT2D eigenvalue weighted by Crippen LogP contribution is 2.36. The van der Waals surface area contributed by atoms with Crippen molar-refractivity contribution in [3.05, 3.63) is 51.5 Å². The Balaban J connectivity index is 2.65. The van der Waals surface area contributed by atoms with E-state index >= 15 is 0 Å². The van der Waals surface area contributed by atoms with E-state index in [-0.39, 0.29) is 26.3 Å². The number of nitrogens with zero attached hydrogens (tertiary/aromatic N) is 1. The van der Waals surface area contributed by atoms with Gasteiger partial charge >= 0.3 is 0 Å². The summed E-state index contributed by atoms with van der Waals surface area (Å²) in [5.74, 6) is 0.433. The number of benzene rings is 2. The van der Waals surface area contributed by atoms with Crippen LogP contribution in [0.5, 0.6) is 11.5 Å². The largest absolute Gasteiger partial charge is 0.497 e. The summed E-state index contributed by atoms with van der Waals surface area (Å²) in [4.78, 5) is 9.67. The average molecular weight is 358 g/mol. The van der Waals surface area contributed by atoms with Crippen LogP contribution in [0.2, 0.25) is 5.02 Å². The van der Waals surface area contributed by atoms with Gasteiger partial charge in [-0.1, -0.05) is 11.6 Å². The molecule has 0 saturated carbocycles. The molecule has 0 fully saturated rings. The molecule has 23 heavy (non-hydrogen) atoms. The fourth-order valence-corrected chi connectivity index (χ4v) is 3.90. The lowest BCUT2D eigenvalue weighted by Gasteiger charge is -2.12. The van der Waals surface area contributed by atoms with Crippen molar-refractivity contribution in [1.29, 1.82) is 0 Å². The number of hydrogen-bond donors (Lipinski definition) is 0. The molecule has 0 aromatic heterocycles. The van der Waals surface area contributed by atoms with Crippen molar-refractivity contribution in [1.82, 2.24) is 0 Å². The van der Waals surface area contributed by atoms with Crippen LogP contribution in [0.15, 0.2) is 46.2 Å². The van der Waals surface area contributed by atoms with Crippen molar-refractivity contribution in [3.8, 4) is 11.5 Å². The Bertz CT molecular complexity index is 866. The van der Waals surface area contributed by atoms with Crippen LogP contribution in [0, 0.1) is 10.1 Å². The smallest absolute Gasteiger partial charge is 0.271 e. The Hall–Kier alpha value is -2.32. The molecule has 0 heterocycles. The van der Waals surface area contributed by atoms with Gasteiger partial charge in [-0.15, -0.1) is 0 Å². The Morgan fingerprint density at radius 3 is 2.26 bits per heavy atom. The fourth-order valence-electron chi connectivity index (χ4n) is 1.93. The fraction of sp³-hybridized carbons (Fsp3) is 0.143. The van der Waals surface area contributed by atoms with Crippen molar-refractivity contribution in [2.75, 3.05) is 14.2 Å². The van der Waals surface area contributed by atoms with E-state index in [0.29, 0.717) is 5.75 Å². The van der Waals surface area contributed by atoms with Gasteiger partial charge in [0.25, 0.3) is 5.69 Å². The van der Waals surface area contributed by atoms with Crippen LogP contribution in [0.25, 0.3) is 0 Å². The van der Waals surface area contributed by atoms with Gasteiger partial charge in [0.15, 0.2) is 0 Å². The standard InChI is InChI=1S/C14H12ClNO6S/c1-21-10-4-5-12(22-2)14(8-10)23(19,20)13-6-3-9(16(17)18)7-11(13)15/h3-8H,1-2H3. The van der Waals surface area contributed by atoms with Crippen LogP contribution < -0.4 is 9.47 Å². The lowest BCUT2D eigenvalue weighted by atomic mass is 10.3. The molecule has 0 atom stereocenters. The molecule has 0 unspecified atom stereocenters. The third-order valence-electron chi connectivity index (χ3n) is 3.08. The quantitative estimate of drug-likeness (QED) is 0.602. The summed E-state index contributed by atoms with van der Waals surface area (Å²) in [7, 11) is -1.32. The number of rotatable bonds is 5. The number of ether oxygens (including phenoxy) is 2. The second-order valence-corrected chi connectivity index (χ2v) is 6.69. The third-order valence-corrected chi connectivity index (χ3v) is 5.33. The van der Waals surface area contributed by atoms with Crippen molar-refractivity contribution in [3.63, 3.8) is 0 Å². The summed E-state index contributed by atoms with van der Waals surface area (Å²) in [6.07, 6.45) is 0. The molecule has 2 aromatic rings. The first-order valence-corrected chi connectivity index (χ1v) is 8.08. The molecule has 2 rings (SSSR count). The lowest BCUT2D eigenvalue weighted by Crippen LogP contribution is -2.06. The molecule has 7 nitrogen and oxygen atoms in total. The van der Waals surface area contributed by atoms with Gasteiger partial charge < -0.3 is 9.47 Å². The molecule has 0 radical (unpaired) electrons. The maximum absolute atomic E-state index is 12.8. The molecule has 0 bridgehead atoms. The number of hydrogen-bond acceptors (Lipinski definition) is 6. The Kier molecular flexibility index (Phi) is 4.76. The van der Waals surface area contributed by atoms with Crippen molar-refractivity contribution < 1.29 is 22.8 Å². The van der Waals surface area contributed by atoms with E-state index in [9.17, 15) is 18.5 Å². The number of halogens is 1. The third kappa shape index (κ3) is 3.22. The molecule has 0 aliphatic carbocycles. The van der Waals surface area contributed by atoms with E-state index in [0.717, 1.165) is 18.2 Å². The zero-order chi connectivity index (χ0) is 17.2. The van der Waals surface area contributed by atoms with Crippen LogP contribution in [-0.2, 0) is 9.84 Å². The highest BCUT2D eigenvalue weighted by molar-refractivity contribution is 7.91. The van der Waals surface area contributed by atoms with Gasteiger partial charge in [-0.25, -0.2) is 8.42 Å². The first kappa shape index (κ1) is 17.0. The minimum absolute atomic E-state index is 0.111. The molecule has 0 saturated heterocycles. The average Bonchev–Trinajstić information content (AvgIpc) is 2.53. The number of nitro benzene ring substituents is 1. The van der Waals surface area contributed by atoms with Gasteiger partial charge in [-0.05, 0) is 18.2 Å². The minimum atomic E-state index is -4.05. The van der Waals surface area contributed by atoms with Crippen molar-refractivity contribution >= 4 is 27.1 Å². The van der Waals surface area contributed by atoms with Gasteiger partial charge in [0, 0.05) is 18.2 Å². The van der Waals surface area contributed by atoms with Gasteiger partial charge in [-0.3, -0.25) is 10.1 Å². The minimum Gasteiger partial charge on any atom is -0.497 e. The molecule has 0 N–H and O–H groups in total. The van der Waals surface area contributed by atoms with Crippen LogP contribution in [0.3, 0.4) is 0 Å². The SMILES string of the molecule is COc1ccc(OC)c(S(=O)(=O)c2ccc([N+](=O)[O-])cc2Cl)c1. The molecule has 2 aromatic carbocycles. The maximum Gasteiger partial charge on any atom is 0.271 e. The predicted molar refractivity (Wildman–Crippen MR) is 83.1 cm³/mol. The second-order valence-electron chi connectivity index (χ2n) is 4.39. The normalized spacial score (nSPS) is 11.1. The summed E-state index contributed by atoms with van der Waals surface area (Å²) >= 11 is 5.92. The zero-order valence-electron chi connectivity index (χ0n) is 12.1. The number of methoxy groups -OCH3 is 2. The van der Waals surface area contributed by atoms with E-state index in [1.807, 2.05) is 0 Å². The van der Waals surface area contributed by atoms with E-state index < -0.39 is 14.8 Å². The molecule has 122 valence electrons. The van der Waals surface area contributed by atoms with Crippen molar-refractivity contribution in [2.24, 2.45) is 0 Å². The summed E-state index contributed by atoms with van der Waals surface area (Å²) in [6.45, 7) is 0. The van der Waals surface area contributed by atoms with E-state index in [1.165, 1.54) is 26.4 Å². The first-order valence-electron chi connectivity index (χ1n) is 6.22. The molecular formula is C14H12ClNO6S. The monoisotopic (exact) mass is 357 g/mol. The van der Waals surface area contributed by atoms with Gasteiger partial charge in [0.05, 0.1) is 29.1 Å². The van der Waals surface area contributed by atoms with Gasteiger partial charge in [-0.2, -0.15) is 0 Å². The van der Waals surface area contributed by atoms with Crippen LogP contribution >= 0.6 is 11.6 Å². The van der Waals surface area contributed by atoms with Crippen LogP contribution in [0.4, 0.5) is 5.69 Å². The Morgan fingerprint density at radius 1 is 1.04 bits per heavy atom. The molecule has 0 spiro atoms. The van der Waals surface area contributed by atoms with Crippen molar-refractivity contribution in [2.45, 2.75) is 9.79 Å². The highest BCUT2D eigenvalue weighted by atomic mass is 35.5. The summed E-state index contributed by atoms with van der Waals surface area (Å²) in [5.41, 5.74) is -0.299. The van der Waals surface area contributed by atoms with Crippen LogP contribution in [-0.4, -0.2) is 27.6 Å². The summed E-state index contributed by atoms with van der Waals surface area (Å²) < 4.78 is 35.7. The summed E-state index contributed by atoms with van der Waals surface area (Å²) in [6, 6.07) is 7.45. The highest BCUT2D eigenvalue weighted by Gasteiger charge is 2.26. The van der Waals surface area contributed by atoms with E-state index in [4.69, 9.17) is 21.1 Å². The zero-order valence-corrected chi connectivity index (χ0v) is 13.7. The Morgan fingerprint density at radius 2 is 1.74 bits per heavy atom. The molecule has 0 aliphatic heterocycles. The first-order chi connectivity index (χ1) is 10.8. The topological polar surface area (TPSA) is 95.7 Å². The number of nitro groups is 1. The Labute approximate surface area is 137 Å². The molecule has 0 amide bonds. The van der Waals surface area contributed by atoms with Gasteiger partial charge in [0.1, 0.15) is 16.4 Å². The predicted octanol–water partition coefficient (Wildman–Crippen LogP) is 3.10. The second kappa shape index (κ2) is 6.43. The number of sulfone groups is 1.